The molecule has 1 heterocycles. The maximum absolute atomic E-state index is 6.00. The molecule has 0 fully saturated rings. The number of hydrogen-bond acceptors (Lipinski definition) is 2. The van der Waals surface area contributed by atoms with Crippen LogP contribution in [0.15, 0.2) is 48.7 Å². The van der Waals surface area contributed by atoms with Gasteiger partial charge in [-0.2, -0.15) is 5.10 Å². The maximum atomic E-state index is 6.00. The van der Waals surface area contributed by atoms with Crippen LogP contribution in [0.2, 0.25) is 5.02 Å². The first-order chi connectivity index (χ1) is 11.1. The maximum Gasteiger partial charge on any atom is 0.0924 e. The Kier molecular flexibility index (Phi) is 4.58. The summed E-state index contributed by atoms with van der Waals surface area (Å²) in [6.07, 6.45) is 3.16. The number of nitrogens with zero attached hydrogens (tertiary/aromatic N) is 3. The Bertz CT molecular complexity index is 792. The van der Waals surface area contributed by atoms with Crippen molar-refractivity contribution < 1.29 is 0 Å². The van der Waals surface area contributed by atoms with E-state index in [-0.39, 0.29) is 0 Å². The van der Waals surface area contributed by atoms with Crippen LogP contribution in [0.5, 0.6) is 0 Å². The third-order valence-electron chi connectivity index (χ3n) is 4.32. The summed E-state index contributed by atoms with van der Waals surface area (Å²) >= 11 is 6.00. The molecular formula is C19H22ClN3. The standard InChI is InChI=1S/C19H22ClN3/c1-4-14(2)23(12-15-5-7-17(20)8-6-15)18-9-10-19-16(11-18)13-22(3)21-19/h5-11,13-14H,4,12H2,1-3H3. The Labute approximate surface area is 142 Å². The molecule has 4 heteroatoms. The van der Waals surface area contributed by atoms with E-state index in [0.29, 0.717) is 6.04 Å². The normalized spacial score (nSPS) is 12.5. The minimum atomic E-state index is 0.458. The summed E-state index contributed by atoms with van der Waals surface area (Å²) in [4.78, 5) is 2.44. The van der Waals surface area contributed by atoms with Crippen LogP contribution in [0.4, 0.5) is 5.69 Å². The van der Waals surface area contributed by atoms with Gasteiger partial charge in [-0.25, -0.2) is 0 Å². The molecule has 0 saturated heterocycles. The Morgan fingerprint density at radius 2 is 1.91 bits per heavy atom. The van der Waals surface area contributed by atoms with Gasteiger partial charge >= 0.3 is 0 Å². The van der Waals surface area contributed by atoms with E-state index in [4.69, 9.17) is 11.6 Å². The fourth-order valence-electron chi connectivity index (χ4n) is 2.82. The number of fused-ring (bicyclic) bond motifs is 1. The predicted octanol–water partition coefficient (Wildman–Crippen LogP) is 5.03. The van der Waals surface area contributed by atoms with Gasteiger partial charge < -0.3 is 4.90 Å². The SMILES string of the molecule is CCC(C)N(Cc1ccc(Cl)cc1)c1ccc2nn(C)cc2c1. The van der Waals surface area contributed by atoms with Crippen LogP contribution in [0, 0.1) is 0 Å². The first-order valence-corrected chi connectivity index (χ1v) is 8.39. The highest BCUT2D eigenvalue weighted by Gasteiger charge is 2.14. The van der Waals surface area contributed by atoms with Crippen LogP contribution >= 0.6 is 11.6 Å². The van der Waals surface area contributed by atoms with Crippen molar-refractivity contribution >= 4 is 28.2 Å². The van der Waals surface area contributed by atoms with Gasteiger partial charge in [0.15, 0.2) is 0 Å². The number of anilines is 1. The molecule has 0 bridgehead atoms. The lowest BCUT2D eigenvalue weighted by atomic mass is 10.1. The van der Waals surface area contributed by atoms with E-state index >= 15 is 0 Å². The Balaban J connectivity index is 1.94. The summed E-state index contributed by atoms with van der Waals surface area (Å²) in [6.45, 7) is 5.36. The second-order valence-electron chi connectivity index (χ2n) is 6.06. The summed E-state index contributed by atoms with van der Waals surface area (Å²) in [5.41, 5.74) is 3.53. The molecule has 1 aromatic heterocycles. The lowest BCUT2D eigenvalue weighted by molar-refractivity contribution is 0.615. The van der Waals surface area contributed by atoms with Gasteiger partial charge in [0, 0.05) is 41.9 Å². The average Bonchev–Trinajstić information content (AvgIpc) is 2.92. The van der Waals surface area contributed by atoms with Crippen LogP contribution in [-0.4, -0.2) is 15.8 Å². The zero-order valence-electron chi connectivity index (χ0n) is 13.8. The average molecular weight is 328 g/mol. The van der Waals surface area contributed by atoms with Crippen molar-refractivity contribution in [2.24, 2.45) is 7.05 Å². The highest BCUT2D eigenvalue weighted by Crippen LogP contribution is 2.26. The number of hydrogen-bond donors (Lipinski definition) is 0. The third kappa shape index (κ3) is 3.50. The minimum absolute atomic E-state index is 0.458. The van der Waals surface area contributed by atoms with Crippen molar-refractivity contribution in [3.05, 3.63) is 59.2 Å². The monoisotopic (exact) mass is 327 g/mol. The lowest BCUT2D eigenvalue weighted by Crippen LogP contribution is -2.31. The van der Waals surface area contributed by atoms with E-state index in [0.717, 1.165) is 23.5 Å². The molecule has 1 unspecified atom stereocenters. The molecule has 0 aliphatic heterocycles. The molecule has 0 radical (unpaired) electrons. The van der Waals surface area contributed by atoms with Gasteiger partial charge in [-0.1, -0.05) is 30.7 Å². The van der Waals surface area contributed by atoms with Crippen molar-refractivity contribution in [2.45, 2.75) is 32.9 Å². The molecule has 0 aliphatic rings. The molecular weight excluding hydrogens is 306 g/mol. The summed E-state index contributed by atoms with van der Waals surface area (Å²) in [5, 5.41) is 6.41. The first kappa shape index (κ1) is 15.9. The van der Waals surface area contributed by atoms with E-state index in [2.05, 4.69) is 60.4 Å². The third-order valence-corrected chi connectivity index (χ3v) is 4.58. The molecule has 0 N–H and O–H groups in total. The van der Waals surface area contributed by atoms with Gasteiger partial charge in [0.25, 0.3) is 0 Å². The fraction of sp³-hybridized carbons (Fsp3) is 0.316. The van der Waals surface area contributed by atoms with Gasteiger partial charge in [-0.05, 0) is 49.2 Å². The molecule has 3 nitrogen and oxygen atoms in total. The Morgan fingerprint density at radius 1 is 1.17 bits per heavy atom. The van der Waals surface area contributed by atoms with Crippen LogP contribution < -0.4 is 4.90 Å². The van der Waals surface area contributed by atoms with Crippen LogP contribution in [0.3, 0.4) is 0 Å². The Morgan fingerprint density at radius 3 is 2.61 bits per heavy atom. The van der Waals surface area contributed by atoms with E-state index in [1.165, 1.54) is 16.6 Å². The van der Waals surface area contributed by atoms with Crippen LogP contribution in [-0.2, 0) is 13.6 Å². The number of aryl methyl sites for hydroxylation is 1. The molecule has 23 heavy (non-hydrogen) atoms. The molecule has 1 atom stereocenters. The summed E-state index contributed by atoms with van der Waals surface area (Å²) in [6, 6.07) is 15.1. The number of aromatic nitrogens is 2. The highest BCUT2D eigenvalue weighted by atomic mass is 35.5. The molecule has 3 aromatic rings. The fourth-order valence-corrected chi connectivity index (χ4v) is 2.95. The number of halogens is 1. The summed E-state index contributed by atoms with van der Waals surface area (Å²) in [7, 11) is 1.96. The van der Waals surface area contributed by atoms with Crippen LogP contribution in [0.25, 0.3) is 10.9 Å². The van der Waals surface area contributed by atoms with Crippen molar-refractivity contribution in [3.63, 3.8) is 0 Å². The van der Waals surface area contributed by atoms with Crippen molar-refractivity contribution in [2.75, 3.05) is 4.90 Å². The van der Waals surface area contributed by atoms with Crippen LogP contribution in [0.1, 0.15) is 25.8 Å². The lowest BCUT2D eigenvalue weighted by Gasteiger charge is -2.31. The molecule has 0 saturated carbocycles. The zero-order chi connectivity index (χ0) is 16.4. The number of benzene rings is 2. The molecule has 0 amide bonds. The van der Waals surface area contributed by atoms with Gasteiger partial charge in [0.1, 0.15) is 0 Å². The molecule has 2 aromatic carbocycles. The quantitative estimate of drug-likeness (QED) is 0.655. The second kappa shape index (κ2) is 6.63. The van der Waals surface area contributed by atoms with Crippen molar-refractivity contribution in [1.82, 2.24) is 9.78 Å². The smallest absolute Gasteiger partial charge is 0.0924 e. The zero-order valence-corrected chi connectivity index (χ0v) is 14.6. The minimum Gasteiger partial charge on any atom is -0.364 e. The molecule has 120 valence electrons. The second-order valence-corrected chi connectivity index (χ2v) is 6.49. The van der Waals surface area contributed by atoms with Crippen molar-refractivity contribution in [3.8, 4) is 0 Å². The van der Waals surface area contributed by atoms with E-state index in [1.807, 2.05) is 23.9 Å². The molecule has 0 aliphatic carbocycles. The molecule has 0 spiro atoms. The van der Waals surface area contributed by atoms with Crippen molar-refractivity contribution in [1.29, 1.82) is 0 Å². The predicted molar refractivity (Wildman–Crippen MR) is 98.1 cm³/mol. The molecule has 3 rings (SSSR count). The van der Waals surface area contributed by atoms with E-state index in [9.17, 15) is 0 Å². The largest absolute Gasteiger partial charge is 0.364 e. The van der Waals surface area contributed by atoms with E-state index in [1.54, 1.807) is 0 Å². The van der Waals surface area contributed by atoms with Gasteiger partial charge in [-0.3, -0.25) is 4.68 Å². The number of rotatable bonds is 5. The topological polar surface area (TPSA) is 21.1 Å². The first-order valence-electron chi connectivity index (χ1n) is 8.01. The Hall–Kier alpha value is -2.00. The highest BCUT2D eigenvalue weighted by molar-refractivity contribution is 6.30. The summed E-state index contributed by atoms with van der Waals surface area (Å²) in [5.74, 6) is 0. The van der Waals surface area contributed by atoms with Gasteiger partial charge in [-0.15, -0.1) is 0 Å². The van der Waals surface area contributed by atoms with Gasteiger partial charge in [0.05, 0.1) is 5.52 Å². The van der Waals surface area contributed by atoms with Gasteiger partial charge in [0.2, 0.25) is 0 Å². The van der Waals surface area contributed by atoms with E-state index < -0.39 is 0 Å². The summed E-state index contributed by atoms with van der Waals surface area (Å²) < 4.78 is 1.86.